The van der Waals surface area contributed by atoms with Gasteiger partial charge in [0.25, 0.3) is 5.69 Å². The second kappa shape index (κ2) is 6.37. The molecule has 0 spiro atoms. The summed E-state index contributed by atoms with van der Waals surface area (Å²) in [7, 11) is 0. The third kappa shape index (κ3) is 3.58. The van der Waals surface area contributed by atoms with E-state index in [9.17, 15) is 14.9 Å². The average molecular weight is 306 g/mol. The van der Waals surface area contributed by atoms with E-state index in [0.29, 0.717) is 5.56 Å². The molecule has 0 bridgehead atoms. The summed E-state index contributed by atoms with van der Waals surface area (Å²) < 4.78 is 5.49. The fourth-order valence-corrected chi connectivity index (χ4v) is 2.00. The van der Waals surface area contributed by atoms with Crippen LogP contribution in [0.2, 0.25) is 5.02 Å². The molecule has 2 rings (SSSR count). The van der Waals surface area contributed by atoms with Crippen molar-refractivity contribution in [1.82, 2.24) is 0 Å². The molecule has 108 valence electrons. The molecule has 0 saturated heterocycles. The van der Waals surface area contributed by atoms with Gasteiger partial charge in [0.15, 0.2) is 6.10 Å². The number of nitrogens with zero attached hydrogens (tertiary/aromatic N) is 1. The van der Waals surface area contributed by atoms with Crippen LogP contribution in [0, 0.1) is 10.1 Å². The minimum Gasteiger partial charge on any atom is -0.481 e. The summed E-state index contributed by atoms with van der Waals surface area (Å²) in [6.07, 6.45) is -0.744. The van der Waals surface area contributed by atoms with Crippen LogP contribution in [0.15, 0.2) is 48.5 Å². The molecule has 5 nitrogen and oxygen atoms in total. The lowest BCUT2D eigenvalue weighted by Gasteiger charge is -2.14. The Bertz CT molecular complexity index is 673. The van der Waals surface area contributed by atoms with Crippen molar-refractivity contribution in [3.8, 4) is 5.75 Å². The van der Waals surface area contributed by atoms with Crippen LogP contribution in [0.4, 0.5) is 5.69 Å². The molecule has 0 heterocycles. The van der Waals surface area contributed by atoms with Gasteiger partial charge in [0.1, 0.15) is 5.75 Å². The standard InChI is InChI=1S/C15H12ClNO4/c1-10(15(18)11-5-3-2-4-6-11)21-14-8-7-12(17(19)20)9-13(14)16/h2-10H,1H3. The van der Waals surface area contributed by atoms with Crippen molar-refractivity contribution in [3.05, 3.63) is 69.2 Å². The van der Waals surface area contributed by atoms with Crippen LogP contribution in [0.3, 0.4) is 0 Å². The third-order valence-electron chi connectivity index (χ3n) is 2.86. The molecule has 1 unspecified atom stereocenters. The Morgan fingerprint density at radius 2 is 1.90 bits per heavy atom. The lowest BCUT2D eigenvalue weighted by molar-refractivity contribution is -0.384. The lowest BCUT2D eigenvalue weighted by atomic mass is 10.1. The molecule has 0 radical (unpaired) electrons. The highest BCUT2D eigenvalue weighted by Crippen LogP contribution is 2.29. The van der Waals surface area contributed by atoms with Gasteiger partial charge < -0.3 is 4.74 Å². The Balaban J connectivity index is 2.14. The Kier molecular flexibility index (Phi) is 4.55. The number of ketones is 1. The van der Waals surface area contributed by atoms with Gasteiger partial charge in [-0.15, -0.1) is 0 Å². The summed E-state index contributed by atoms with van der Waals surface area (Å²) >= 11 is 5.93. The molecule has 21 heavy (non-hydrogen) atoms. The van der Waals surface area contributed by atoms with E-state index < -0.39 is 11.0 Å². The summed E-state index contributed by atoms with van der Waals surface area (Å²) in [5.41, 5.74) is 0.400. The van der Waals surface area contributed by atoms with Crippen molar-refractivity contribution in [2.75, 3.05) is 0 Å². The molecular weight excluding hydrogens is 294 g/mol. The van der Waals surface area contributed by atoms with E-state index >= 15 is 0 Å². The van der Waals surface area contributed by atoms with Crippen molar-refractivity contribution in [3.63, 3.8) is 0 Å². The van der Waals surface area contributed by atoms with Crippen molar-refractivity contribution < 1.29 is 14.5 Å². The van der Waals surface area contributed by atoms with E-state index in [-0.39, 0.29) is 22.2 Å². The molecule has 2 aromatic carbocycles. The summed E-state index contributed by atoms with van der Waals surface area (Å²) in [6.45, 7) is 1.60. The Labute approximate surface area is 126 Å². The SMILES string of the molecule is CC(Oc1ccc([N+](=O)[O-])cc1Cl)C(=O)c1ccccc1. The Morgan fingerprint density at radius 3 is 2.48 bits per heavy atom. The quantitative estimate of drug-likeness (QED) is 0.477. The zero-order valence-corrected chi connectivity index (χ0v) is 11.9. The van der Waals surface area contributed by atoms with Crippen molar-refractivity contribution in [2.45, 2.75) is 13.0 Å². The maximum absolute atomic E-state index is 12.2. The van der Waals surface area contributed by atoms with Crippen LogP contribution in [-0.4, -0.2) is 16.8 Å². The number of non-ortho nitro benzene ring substituents is 1. The van der Waals surface area contributed by atoms with Gasteiger partial charge in [-0.3, -0.25) is 14.9 Å². The largest absolute Gasteiger partial charge is 0.481 e. The summed E-state index contributed by atoms with van der Waals surface area (Å²) in [6, 6.07) is 12.6. The fraction of sp³-hybridized carbons (Fsp3) is 0.133. The molecule has 6 heteroatoms. The van der Waals surface area contributed by atoms with Gasteiger partial charge in [-0.2, -0.15) is 0 Å². The van der Waals surface area contributed by atoms with Gasteiger partial charge in [0.05, 0.1) is 9.95 Å². The van der Waals surface area contributed by atoms with Gasteiger partial charge in [-0.25, -0.2) is 0 Å². The first kappa shape index (κ1) is 15.0. The highest BCUT2D eigenvalue weighted by atomic mass is 35.5. The van der Waals surface area contributed by atoms with Gasteiger partial charge in [-0.1, -0.05) is 41.9 Å². The van der Waals surface area contributed by atoms with E-state index in [1.54, 1.807) is 31.2 Å². The summed E-state index contributed by atoms with van der Waals surface area (Å²) in [4.78, 5) is 22.2. The smallest absolute Gasteiger partial charge is 0.271 e. The second-order valence-electron chi connectivity index (χ2n) is 4.36. The Morgan fingerprint density at radius 1 is 1.24 bits per heavy atom. The zero-order valence-electron chi connectivity index (χ0n) is 11.2. The highest BCUT2D eigenvalue weighted by molar-refractivity contribution is 6.32. The van der Waals surface area contributed by atoms with E-state index in [1.807, 2.05) is 6.07 Å². The minimum atomic E-state index is -0.744. The van der Waals surface area contributed by atoms with Crippen LogP contribution in [-0.2, 0) is 0 Å². The minimum absolute atomic E-state index is 0.0944. The molecule has 0 saturated carbocycles. The number of Topliss-reactive ketones (excluding diaryl/α,β-unsaturated/α-hetero) is 1. The summed E-state index contributed by atoms with van der Waals surface area (Å²) in [5.74, 6) is 0.0454. The van der Waals surface area contributed by atoms with Crippen LogP contribution >= 0.6 is 11.6 Å². The Hall–Kier alpha value is -2.40. The number of benzene rings is 2. The molecule has 0 fully saturated rings. The van der Waals surface area contributed by atoms with Gasteiger partial charge in [0, 0.05) is 17.7 Å². The first-order valence-corrected chi connectivity index (χ1v) is 6.56. The molecule has 0 aliphatic heterocycles. The fourth-order valence-electron chi connectivity index (χ4n) is 1.78. The molecule has 0 aliphatic carbocycles. The molecule has 0 N–H and O–H groups in total. The first-order chi connectivity index (χ1) is 9.99. The number of hydrogen-bond acceptors (Lipinski definition) is 4. The van der Waals surface area contributed by atoms with Crippen LogP contribution < -0.4 is 4.74 Å². The van der Waals surface area contributed by atoms with Crippen LogP contribution in [0.1, 0.15) is 17.3 Å². The molecular formula is C15H12ClNO4. The topological polar surface area (TPSA) is 69.4 Å². The van der Waals surface area contributed by atoms with Crippen LogP contribution in [0.25, 0.3) is 0 Å². The first-order valence-electron chi connectivity index (χ1n) is 6.19. The van der Waals surface area contributed by atoms with Crippen molar-refractivity contribution in [2.24, 2.45) is 0 Å². The predicted molar refractivity (Wildman–Crippen MR) is 79.0 cm³/mol. The number of ether oxygens (including phenoxy) is 1. The van der Waals surface area contributed by atoms with Crippen molar-refractivity contribution in [1.29, 1.82) is 0 Å². The van der Waals surface area contributed by atoms with Crippen LogP contribution in [0.5, 0.6) is 5.75 Å². The normalized spacial score (nSPS) is 11.7. The number of rotatable bonds is 5. The molecule has 0 aromatic heterocycles. The monoisotopic (exact) mass is 305 g/mol. The van der Waals surface area contributed by atoms with Gasteiger partial charge in [-0.05, 0) is 13.0 Å². The second-order valence-corrected chi connectivity index (χ2v) is 4.77. The number of nitro groups is 1. The number of carbonyl (C=O) groups is 1. The number of hydrogen-bond donors (Lipinski definition) is 0. The lowest BCUT2D eigenvalue weighted by Crippen LogP contribution is -2.23. The van der Waals surface area contributed by atoms with E-state index in [0.717, 1.165) is 0 Å². The predicted octanol–water partition coefficient (Wildman–Crippen LogP) is 3.90. The maximum atomic E-state index is 12.2. The van der Waals surface area contributed by atoms with E-state index in [2.05, 4.69) is 0 Å². The number of carbonyl (C=O) groups excluding carboxylic acids is 1. The average Bonchev–Trinajstić information content (AvgIpc) is 2.49. The van der Waals surface area contributed by atoms with Gasteiger partial charge in [0.2, 0.25) is 5.78 Å². The molecule has 2 aromatic rings. The summed E-state index contributed by atoms with van der Waals surface area (Å²) in [5, 5.41) is 10.7. The molecule has 1 atom stereocenters. The number of nitro benzene ring substituents is 1. The van der Waals surface area contributed by atoms with Gasteiger partial charge >= 0.3 is 0 Å². The molecule has 0 amide bonds. The van der Waals surface area contributed by atoms with E-state index in [4.69, 9.17) is 16.3 Å². The zero-order chi connectivity index (χ0) is 15.4. The van der Waals surface area contributed by atoms with Crippen molar-refractivity contribution >= 4 is 23.1 Å². The number of halogens is 1. The van der Waals surface area contributed by atoms with E-state index in [1.165, 1.54) is 18.2 Å². The highest BCUT2D eigenvalue weighted by Gasteiger charge is 2.19. The molecule has 0 aliphatic rings. The third-order valence-corrected chi connectivity index (χ3v) is 3.15. The maximum Gasteiger partial charge on any atom is 0.271 e.